The number of hydrogen-bond acceptors (Lipinski definition) is 0. The summed E-state index contributed by atoms with van der Waals surface area (Å²) < 4.78 is 0. The molecule has 5 heterocycles. The van der Waals surface area contributed by atoms with E-state index in [1.807, 2.05) is 0 Å². The molecule has 0 unspecified atom stereocenters. The maximum Gasteiger partial charge on any atom is 0.0485 e. The normalized spacial score (nSPS) is 12.7. The summed E-state index contributed by atoms with van der Waals surface area (Å²) in [7, 11) is 0. The Balaban J connectivity index is 1.71. The summed E-state index contributed by atoms with van der Waals surface area (Å²) in [5, 5.41) is 6.76. The Kier molecular flexibility index (Phi) is 3.14. The SMILES string of the molecule is C1=c2ccc([nH]2)=Cc2ccc([nH]2)C=c2[nH]c(c3ccccc23)=Cc2ccc1[nH]2. The Morgan fingerprint density at radius 1 is 0.393 bits per heavy atom. The fourth-order valence-corrected chi connectivity index (χ4v) is 3.90. The molecule has 1 aromatic carbocycles. The van der Waals surface area contributed by atoms with Crippen molar-refractivity contribution in [1.29, 1.82) is 0 Å². The first-order chi connectivity index (χ1) is 13.8. The number of aromatic amines is 4. The first-order valence-corrected chi connectivity index (χ1v) is 9.37. The van der Waals surface area contributed by atoms with Crippen molar-refractivity contribution in [3.63, 3.8) is 0 Å². The first kappa shape index (κ1) is 15.2. The van der Waals surface area contributed by atoms with E-state index in [4.69, 9.17) is 0 Å². The van der Waals surface area contributed by atoms with Gasteiger partial charge in [-0.05, 0) is 60.7 Å². The van der Waals surface area contributed by atoms with E-state index in [0.717, 1.165) is 44.2 Å². The minimum atomic E-state index is 1.07. The minimum absolute atomic E-state index is 1.07. The molecule has 0 spiro atoms. The van der Waals surface area contributed by atoms with Gasteiger partial charge in [-0.1, -0.05) is 24.3 Å². The zero-order chi connectivity index (χ0) is 18.5. The molecule has 0 saturated carbocycles. The van der Waals surface area contributed by atoms with Crippen LogP contribution >= 0.6 is 0 Å². The maximum absolute atomic E-state index is 3.59. The van der Waals surface area contributed by atoms with Crippen LogP contribution in [0, 0.1) is 0 Å². The van der Waals surface area contributed by atoms with E-state index in [2.05, 4.69) is 105 Å². The molecule has 4 heteroatoms. The molecule has 134 valence electrons. The number of fused-ring (bicyclic) bond motifs is 11. The third-order valence-electron chi connectivity index (χ3n) is 5.19. The second kappa shape index (κ2) is 5.79. The predicted octanol–water partition coefficient (Wildman–Crippen LogP) is 1.78. The van der Waals surface area contributed by atoms with Crippen LogP contribution in [0.5, 0.6) is 0 Å². The van der Waals surface area contributed by atoms with Gasteiger partial charge < -0.3 is 19.9 Å². The number of rotatable bonds is 0. The van der Waals surface area contributed by atoms with E-state index >= 15 is 0 Å². The van der Waals surface area contributed by atoms with Crippen molar-refractivity contribution >= 4 is 35.1 Å². The summed E-state index contributed by atoms with van der Waals surface area (Å²) in [4.78, 5) is 14.0. The topological polar surface area (TPSA) is 63.2 Å². The second-order valence-corrected chi connectivity index (χ2v) is 7.18. The summed E-state index contributed by atoms with van der Waals surface area (Å²) in [6, 6.07) is 21.1. The molecular formula is C24H18N4. The van der Waals surface area contributed by atoms with E-state index in [0.29, 0.717) is 0 Å². The van der Waals surface area contributed by atoms with Crippen LogP contribution < -0.4 is 21.4 Å². The van der Waals surface area contributed by atoms with Crippen LogP contribution in [0.2, 0.25) is 0 Å². The van der Waals surface area contributed by atoms with Gasteiger partial charge in [0, 0.05) is 54.9 Å². The highest BCUT2D eigenvalue weighted by Gasteiger charge is 2.03. The number of benzene rings is 1. The van der Waals surface area contributed by atoms with Crippen LogP contribution in [0.1, 0.15) is 22.8 Å². The Labute approximate surface area is 160 Å². The summed E-state index contributed by atoms with van der Waals surface area (Å²) in [6.07, 6.45) is 8.56. The Morgan fingerprint density at radius 2 is 0.857 bits per heavy atom. The smallest absolute Gasteiger partial charge is 0.0485 e. The van der Waals surface area contributed by atoms with Gasteiger partial charge in [0.1, 0.15) is 0 Å². The van der Waals surface area contributed by atoms with Crippen molar-refractivity contribution in [3.8, 4) is 0 Å². The molecule has 4 aromatic heterocycles. The summed E-state index contributed by atoms with van der Waals surface area (Å²) >= 11 is 0. The lowest BCUT2D eigenvalue weighted by Crippen LogP contribution is -2.11. The third-order valence-corrected chi connectivity index (χ3v) is 5.19. The highest BCUT2D eigenvalue weighted by molar-refractivity contribution is 5.85. The van der Waals surface area contributed by atoms with E-state index in [-0.39, 0.29) is 0 Å². The molecule has 1 aliphatic heterocycles. The van der Waals surface area contributed by atoms with Gasteiger partial charge in [0.2, 0.25) is 0 Å². The lowest BCUT2D eigenvalue weighted by Gasteiger charge is -1.89. The lowest BCUT2D eigenvalue weighted by molar-refractivity contribution is 1.23. The van der Waals surface area contributed by atoms with Crippen LogP contribution in [0.4, 0.5) is 0 Å². The van der Waals surface area contributed by atoms with Crippen molar-refractivity contribution in [3.05, 3.63) is 105 Å². The largest absolute Gasteiger partial charge is 0.355 e. The Morgan fingerprint density at radius 3 is 1.36 bits per heavy atom. The van der Waals surface area contributed by atoms with Gasteiger partial charge in [0.15, 0.2) is 0 Å². The zero-order valence-electron chi connectivity index (χ0n) is 15.1. The number of aromatic nitrogens is 4. The second-order valence-electron chi connectivity index (χ2n) is 7.18. The van der Waals surface area contributed by atoms with Crippen LogP contribution in [0.3, 0.4) is 0 Å². The van der Waals surface area contributed by atoms with Crippen LogP contribution in [-0.2, 0) is 0 Å². The monoisotopic (exact) mass is 362 g/mol. The molecule has 4 nitrogen and oxygen atoms in total. The molecule has 6 rings (SSSR count). The van der Waals surface area contributed by atoms with Gasteiger partial charge >= 0.3 is 0 Å². The molecule has 0 amide bonds. The van der Waals surface area contributed by atoms with Crippen LogP contribution in [-0.4, -0.2) is 19.9 Å². The maximum atomic E-state index is 3.59. The highest BCUT2D eigenvalue weighted by Crippen LogP contribution is 2.09. The van der Waals surface area contributed by atoms with Crippen molar-refractivity contribution < 1.29 is 0 Å². The average Bonchev–Trinajstić information content (AvgIpc) is 3.47. The van der Waals surface area contributed by atoms with E-state index in [9.17, 15) is 0 Å². The number of nitrogens with one attached hydrogen (secondary N) is 4. The fraction of sp³-hybridized carbons (Fsp3) is 0. The molecule has 5 aromatic rings. The van der Waals surface area contributed by atoms with Crippen molar-refractivity contribution in [1.82, 2.24) is 19.9 Å². The molecule has 0 saturated heterocycles. The Bertz CT molecular complexity index is 1450. The lowest BCUT2D eigenvalue weighted by atomic mass is 10.2. The number of hydrogen-bond donors (Lipinski definition) is 4. The average molecular weight is 362 g/mol. The molecule has 0 fully saturated rings. The molecule has 4 N–H and O–H groups in total. The molecule has 0 atom stereocenters. The Hall–Kier alpha value is -3.92. The molecule has 1 aliphatic rings. The van der Waals surface area contributed by atoms with Gasteiger partial charge in [-0.25, -0.2) is 0 Å². The van der Waals surface area contributed by atoms with Gasteiger partial charge in [0.25, 0.3) is 0 Å². The van der Waals surface area contributed by atoms with Crippen molar-refractivity contribution in [2.45, 2.75) is 0 Å². The molecule has 8 bridgehead atoms. The zero-order valence-corrected chi connectivity index (χ0v) is 15.1. The van der Waals surface area contributed by atoms with Gasteiger partial charge in [0.05, 0.1) is 0 Å². The predicted molar refractivity (Wildman–Crippen MR) is 113 cm³/mol. The summed E-state index contributed by atoms with van der Waals surface area (Å²) in [5.41, 5.74) is 4.27. The molecule has 28 heavy (non-hydrogen) atoms. The summed E-state index contributed by atoms with van der Waals surface area (Å²) in [6.45, 7) is 0. The van der Waals surface area contributed by atoms with Gasteiger partial charge in [-0.15, -0.1) is 0 Å². The van der Waals surface area contributed by atoms with Crippen LogP contribution in [0.25, 0.3) is 35.1 Å². The molecular weight excluding hydrogens is 344 g/mol. The standard InChI is InChI=1S/C24H18N4/c1-2-4-22-21(3-1)23-13-19-9-7-17(26-19)11-15-5-6-16(25-15)12-18-8-10-20(27-18)14-24(22)28-23/h1-14,25-28H. The van der Waals surface area contributed by atoms with E-state index in [1.165, 1.54) is 10.8 Å². The summed E-state index contributed by atoms with van der Waals surface area (Å²) in [5.74, 6) is 0. The van der Waals surface area contributed by atoms with E-state index < -0.39 is 0 Å². The van der Waals surface area contributed by atoms with Gasteiger partial charge in [-0.3, -0.25) is 0 Å². The van der Waals surface area contributed by atoms with Gasteiger partial charge in [-0.2, -0.15) is 0 Å². The fourth-order valence-electron chi connectivity index (χ4n) is 3.90. The quantitative estimate of drug-likeness (QED) is 0.318. The van der Waals surface area contributed by atoms with Crippen molar-refractivity contribution in [2.75, 3.05) is 0 Å². The highest BCUT2D eigenvalue weighted by atomic mass is 14.8. The van der Waals surface area contributed by atoms with Crippen molar-refractivity contribution in [2.24, 2.45) is 0 Å². The minimum Gasteiger partial charge on any atom is -0.355 e. The molecule has 0 radical (unpaired) electrons. The van der Waals surface area contributed by atoms with Crippen LogP contribution in [0.15, 0.2) is 60.7 Å². The molecule has 0 aliphatic carbocycles. The van der Waals surface area contributed by atoms with E-state index in [1.54, 1.807) is 0 Å². The third kappa shape index (κ3) is 2.55. The first-order valence-electron chi connectivity index (χ1n) is 9.37. The number of H-pyrrole nitrogens is 4.